The summed E-state index contributed by atoms with van der Waals surface area (Å²) in [5.41, 5.74) is 6.82. The molecular formula is C13H22N4O. The summed E-state index contributed by atoms with van der Waals surface area (Å²) in [5.74, 6) is 1.41. The molecule has 1 unspecified atom stereocenters. The van der Waals surface area contributed by atoms with Crippen molar-refractivity contribution in [1.82, 2.24) is 9.97 Å². The zero-order chi connectivity index (χ0) is 13.0. The predicted molar refractivity (Wildman–Crippen MR) is 71.6 cm³/mol. The van der Waals surface area contributed by atoms with Crippen LogP contribution in [0.25, 0.3) is 0 Å². The molecule has 0 bridgehead atoms. The van der Waals surface area contributed by atoms with Gasteiger partial charge in [0, 0.05) is 32.0 Å². The summed E-state index contributed by atoms with van der Waals surface area (Å²) in [4.78, 5) is 11.0. The van der Waals surface area contributed by atoms with Crippen LogP contribution in [0.2, 0.25) is 0 Å². The van der Waals surface area contributed by atoms with Crippen LogP contribution in [0.5, 0.6) is 0 Å². The topological polar surface area (TPSA) is 64.3 Å². The number of anilines is 1. The van der Waals surface area contributed by atoms with Crippen molar-refractivity contribution in [1.29, 1.82) is 0 Å². The molecule has 5 nitrogen and oxygen atoms in total. The molecule has 1 fully saturated rings. The number of nitrogens with two attached hydrogens (primary N) is 1. The summed E-state index contributed by atoms with van der Waals surface area (Å²) in [7, 11) is 0. The van der Waals surface area contributed by atoms with E-state index in [1.54, 1.807) is 0 Å². The Balaban J connectivity index is 2.00. The first-order valence-electron chi connectivity index (χ1n) is 6.56. The van der Waals surface area contributed by atoms with Crippen molar-refractivity contribution in [2.75, 3.05) is 31.1 Å². The maximum absolute atomic E-state index is 5.63. The summed E-state index contributed by atoms with van der Waals surface area (Å²) in [6, 6.07) is 0. The molecule has 2 N–H and O–H groups in total. The summed E-state index contributed by atoms with van der Waals surface area (Å²) in [6.07, 6.45) is 4.97. The second-order valence-corrected chi connectivity index (χ2v) is 5.16. The normalized spacial score (nSPS) is 20.4. The second-order valence-electron chi connectivity index (χ2n) is 5.16. The van der Waals surface area contributed by atoms with Crippen LogP contribution >= 0.6 is 0 Å². The first kappa shape index (κ1) is 13.2. The minimum Gasteiger partial charge on any atom is -0.373 e. The monoisotopic (exact) mass is 250 g/mol. The van der Waals surface area contributed by atoms with E-state index in [1.165, 1.54) is 5.56 Å². The lowest BCUT2D eigenvalue weighted by molar-refractivity contribution is 0.0460. The minimum absolute atomic E-state index is 0.0951. The summed E-state index contributed by atoms with van der Waals surface area (Å²) in [6.45, 7) is 7.24. The number of hydrogen-bond acceptors (Lipinski definition) is 5. The highest BCUT2D eigenvalue weighted by Gasteiger charge is 2.20. The molecule has 0 aromatic carbocycles. The van der Waals surface area contributed by atoms with Gasteiger partial charge in [0.25, 0.3) is 0 Å². The minimum atomic E-state index is 0.0951. The molecule has 1 aromatic heterocycles. The number of rotatable bonds is 4. The predicted octanol–water partition coefficient (Wildman–Crippen LogP) is 0.839. The largest absolute Gasteiger partial charge is 0.373 e. The van der Waals surface area contributed by atoms with E-state index in [0.29, 0.717) is 19.1 Å². The maximum Gasteiger partial charge on any atom is 0.225 e. The molecule has 1 aliphatic rings. The highest BCUT2D eigenvalue weighted by Crippen LogP contribution is 2.13. The molecule has 0 radical (unpaired) electrons. The van der Waals surface area contributed by atoms with Crippen LogP contribution in [0.3, 0.4) is 0 Å². The van der Waals surface area contributed by atoms with Gasteiger partial charge in [-0.1, -0.05) is 13.8 Å². The Morgan fingerprint density at radius 2 is 2.17 bits per heavy atom. The standard InChI is InChI=1S/C13H22N4O/c1-10(2)5-11-7-15-13(16-8-11)17-3-4-18-12(6-14)9-17/h7-8,10,12H,3-6,9,14H2,1-2H3. The van der Waals surface area contributed by atoms with Gasteiger partial charge in [-0.15, -0.1) is 0 Å². The van der Waals surface area contributed by atoms with Crippen molar-refractivity contribution >= 4 is 5.95 Å². The Labute approximate surface area is 108 Å². The van der Waals surface area contributed by atoms with Gasteiger partial charge in [0.2, 0.25) is 5.95 Å². The Morgan fingerprint density at radius 3 is 2.78 bits per heavy atom. The van der Waals surface area contributed by atoms with Crippen LogP contribution in [0.15, 0.2) is 12.4 Å². The first-order chi connectivity index (χ1) is 8.69. The van der Waals surface area contributed by atoms with Gasteiger partial charge in [0.05, 0.1) is 12.7 Å². The summed E-state index contributed by atoms with van der Waals surface area (Å²) in [5, 5.41) is 0. The van der Waals surface area contributed by atoms with Crippen LogP contribution in [0.1, 0.15) is 19.4 Å². The van der Waals surface area contributed by atoms with Gasteiger partial charge < -0.3 is 15.4 Å². The van der Waals surface area contributed by atoms with Crippen molar-refractivity contribution in [2.45, 2.75) is 26.4 Å². The van der Waals surface area contributed by atoms with Gasteiger partial charge in [-0.05, 0) is 17.9 Å². The third-order valence-corrected chi connectivity index (χ3v) is 3.02. The first-order valence-corrected chi connectivity index (χ1v) is 6.56. The number of morpholine rings is 1. The Hall–Kier alpha value is -1.20. The maximum atomic E-state index is 5.63. The number of hydrogen-bond donors (Lipinski definition) is 1. The molecule has 0 aliphatic carbocycles. The average Bonchev–Trinajstić information content (AvgIpc) is 2.39. The third kappa shape index (κ3) is 3.40. The molecule has 1 aromatic rings. The molecule has 0 amide bonds. The van der Waals surface area contributed by atoms with Gasteiger partial charge in [0.1, 0.15) is 0 Å². The van der Waals surface area contributed by atoms with Crippen molar-refractivity contribution < 1.29 is 4.74 Å². The average molecular weight is 250 g/mol. The van der Waals surface area contributed by atoms with E-state index in [4.69, 9.17) is 10.5 Å². The van der Waals surface area contributed by atoms with Crippen molar-refractivity contribution in [3.05, 3.63) is 18.0 Å². The molecule has 2 rings (SSSR count). The van der Waals surface area contributed by atoms with E-state index in [1.807, 2.05) is 12.4 Å². The Kier molecular flexibility index (Phi) is 4.49. The SMILES string of the molecule is CC(C)Cc1cnc(N2CCOC(CN)C2)nc1. The van der Waals surface area contributed by atoms with Crippen molar-refractivity contribution in [2.24, 2.45) is 11.7 Å². The van der Waals surface area contributed by atoms with Crippen molar-refractivity contribution in [3.8, 4) is 0 Å². The smallest absolute Gasteiger partial charge is 0.225 e. The van der Waals surface area contributed by atoms with E-state index in [9.17, 15) is 0 Å². The van der Waals surface area contributed by atoms with E-state index in [0.717, 1.165) is 25.5 Å². The molecule has 5 heteroatoms. The molecule has 1 atom stereocenters. The Morgan fingerprint density at radius 1 is 1.44 bits per heavy atom. The highest BCUT2D eigenvalue weighted by molar-refractivity contribution is 5.30. The zero-order valence-electron chi connectivity index (χ0n) is 11.2. The van der Waals surface area contributed by atoms with Gasteiger partial charge >= 0.3 is 0 Å². The van der Waals surface area contributed by atoms with Crippen molar-refractivity contribution in [3.63, 3.8) is 0 Å². The van der Waals surface area contributed by atoms with Gasteiger partial charge in [0.15, 0.2) is 0 Å². The summed E-state index contributed by atoms with van der Waals surface area (Å²) >= 11 is 0. The van der Waals surface area contributed by atoms with E-state index in [2.05, 4.69) is 28.7 Å². The lowest BCUT2D eigenvalue weighted by atomic mass is 10.1. The lowest BCUT2D eigenvalue weighted by Crippen LogP contribution is -2.46. The van der Waals surface area contributed by atoms with E-state index < -0.39 is 0 Å². The fourth-order valence-corrected chi connectivity index (χ4v) is 2.13. The fraction of sp³-hybridized carbons (Fsp3) is 0.692. The second kappa shape index (κ2) is 6.11. The quantitative estimate of drug-likeness (QED) is 0.858. The number of ether oxygens (including phenoxy) is 1. The molecule has 2 heterocycles. The van der Waals surface area contributed by atoms with Gasteiger partial charge in [-0.3, -0.25) is 0 Å². The molecule has 1 aliphatic heterocycles. The van der Waals surface area contributed by atoms with Crippen LogP contribution in [-0.4, -0.2) is 42.3 Å². The molecule has 18 heavy (non-hydrogen) atoms. The zero-order valence-corrected chi connectivity index (χ0v) is 11.2. The van der Waals surface area contributed by atoms with Crippen LogP contribution in [0, 0.1) is 5.92 Å². The Bertz CT molecular complexity index is 366. The van der Waals surface area contributed by atoms with Crippen LogP contribution < -0.4 is 10.6 Å². The lowest BCUT2D eigenvalue weighted by Gasteiger charge is -2.32. The van der Waals surface area contributed by atoms with E-state index in [-0.39, 0.29) is 6.10 Å². The number of nitrogens with zero attached hydrogens (tertiary/aromatic N) is 3. The van der Waals surface area contributed by atoms with E-state index >= 15 is 0 Å². The third-order valence-electron chi connectivity index (χ3n) is 3.02. The molecule has 100 valence electrons. The molecule has 1 saturated heterocycles. The van der Waals surface area contributed by atoms with Gasteiger partial charge in [-0.2, -0.15) is 0 Å². The molecule has 0 spiro atoms. The highest BCUT2D eigenvalue weighted by atomic mass is 16.5. The van der Waals surface area contributed by atoms with Crippen LogP contribution in [-0.2, 0) is 11.2 Å². The van der Waals surface area contributed by atoms with Gasteiger partial charge in [-0.25, -0.2) is 9.97 Å². The molecular weight excluding hydrogens is 228 g/mol. The molecule has 0 saturated carbocycles. The summed E-state index contributed by atoms with van der Waals surface area (Å²) < 4.78 is 5.53. The van der Waals surface area contributed by atoms with Crippen LogP contribution in [0.4, 0.5) is 5.95 Å². The fourth-order valence-electron chi connectivity index (χ4n) is 2.13. The number of aromatic nitrogens is 2.